The van der Waals surface area contributed by atoms with Crippen molar-refractivity contribution in [1.82, 2.24) is 10.6 Å². The first-order chi connectivity index (χ1) is 10.0. The van der Waals surface area contributed by atoms with Crippen LogP contribution in [0.5, 0.6) is 0 Å². The monoisotopic (exact) mass is 326 g/mol. The highest BCUT2D eigenvalue weighted by molar-refractivity contribution is 7.99. The van der Waals surface area contributed by atoms with Gasteiger partial charge in [-0.15, -0.1) is 11.8 Å². The Labute approximate surface area is 136 Å². The zero-order valence-corrected chi connectivity index (χ0v) is 14.2. The van der Waals surface area contributed by atoms with E-state index in [1.54, 1.807) is 17.8 Å². The van der Waals surface area contributed by atoms with E-state index in [0.29, 0.717) is 10.6 Å². The summed E-state index contributed by atoms with van der Waals surface area (Å²) in [5.41, 5.74) is 0.879. The molecule has 3 nitrogen and oxygen atoms in total. The molecule has 1 fully saturated rings. The summed E-state index contributed by atoms with van der Waals surface area (Å²) in [6, 6.07) is 5.53. The molecular weight excluding hydrogens is 304 g/mol. The molecule has 1 aliphatic rings. The number of thioether (sulfide) groups is 1. The fraction of sp³-hybridized carbons (Fsp3) is 0.562. The first-order valence-electron chi connectivity index (χ1n) is 7.45. The maximum atomic E-state index is 12.5. The van der Waals surface area contributed by atoms with Crippen molar-refractivity contribution in [3.05, 3.63) is 28.8 Å². The van der Waals surface area contributed by atoms with Crippen LogP contribution in [-0.2, 0) is 0 Å². The van der Waals surface area contributed by atoms with Crippen molar-refractivity contribution in [2.45, 2.75) is 31.6 Å². The van der Waals surface area contributed by atoms with Crippen LogP contribution in [0.2, 0.25) is 5.02 Å². The molecule has 1 aromatic rings. The molecule has 2 rings (SSSR count). The van der Waals surface area contributed by atoms with Crippen molar-refractivity contribution in [2.24, 2.45) is 5.41 Å². The van der Waals surface area contributed by atoms with Gasteiger partial charge in [-0.2, -0.15) is 0 Å². The topological polar surface area (TPSA) is 41.1 Å². The minimum absolute atomic E-state index is 0.0202. The average molecular weight is 327 g/mol. The predicted octanol–water partition coefficient (Wildman–Crippen LogP) is 3.57. The maximum Gasteiger partial charge on any atom is 0.252 e. The van der Waals surface area contributed by atoms with E-state index in [1.165, 1.54) is 0 Å². The van der Waals surface area contributed by atoms with Crippen molar-refractivity contribution >= 4 is 29.3 Å². The molecule has 1 aliphatic heterocycles. The molecule has 0 aliphatic carbocycles. The molecule has 0 aromatic heterocycles. The van der Waals surface area contributed by atoms with Gasteiger partial charge in [0.1, 0.15) is 0 Å². The Kier molecular flexibility index (Phi) is 5.97. The predicted molar refractivity (Wildman–Crippen MR) is 90.4 cm³/mol. The van der Waals surface area contributed by atoms with Crippen molar-refractivity contribution in [3.8, 4) is 0 Å². The lowest BCUT2D eigenvalue weighted by Crippen LogP contribution is -2.43. The molecule has 1 amide bonds. The Morgan fingerprint density at radius 1 is 1.43 bits per heavy atom. The van der Waals surface area contributed by atoms with Crippen LogP contribution in [0.3, 0.4) is 0 Å². The van der Waals surface area contributed by atoms with Gasteiger partial charge in [0, 0.05) is 16.5 Å². The van der Waals surface area contributed by atoms with E-state index in [-0.39, 0.29) is 11.3 Å². The summed E-state index contributed by atoms with van der Waals surface area (Å²) in [5, 5.41) is 7.06. The maximum absolute atomic E-state index is 12.5. The van der Waals surface area contributed by atoms with Gasteiger partial charge in [-0.3, -0.25) is 4.79 Å². The second-order valence-corrected chi connectivity index (χ2v) is 7.56. The summed E-state index contributed by atoms with van der Waals surface area (Å²) < 4.78 is 0. The highest BCUT2D eigenvalue weighted by Crippen LogP contribution is 2.28. The largest absolute Gasteiger partial charge is 0.351 e. The molecule has 0 saturated carbocycles. The van der Waals surface area contributed by atoms with Crippen molar-refractivity contribution in [3.63, 3.8) is 0 Å². The third kappa shape index (κ3) is 4.63. The van der Waals surface area contributed by atoms with Crippen LogP contribution in [0.25, 0.3) is 0 Å². The Morgan fingerprint density at radius 2 is 2.14 bits per heavy atom. The van der Waals surface area contributed by atoms with Crippen LogP contribution in [0.4, 0.5) is 0 Å². The molecule has 0 atom stereocenters. The number of hydrogen-bond donors (Lipinski definition) is 2. The number of hydrogen-bond acceptors (Lipinski definition) is 3. The molecule has 0 radical (unpaired) electrons. The van der Waals surface area contributed by atoms with Crippen LogP contribution in [0.1, 0.15) is 37.0 Å². The van der Waals surface area contributed by atoms with Gasteiger partial charge in [-0.05, 0) is 55.3 Å². The minimum Gasteiger partial charge on any atom is -0.351 e. The van der Waals surface area contributed by atoms with E-state index in [9.17, 15) is 4.79 Å². The molecule has 1 aromatic carbocycles. The summed E-state index contributed by atoms with van der Waals surface area (Å²) in [7, 11) is 0. The summed E-state index contributed by atoms with van der Waals surface area (Å²) in [6.07, 6.45) is 2.19. The molecule has 116 valence electrons. The quantitative estimate of drug-likeness (QED) is 0.813. The van der Waals surface area contributed by atoms with Crippen LogP contribution < -0.4 is 10.6 Å². The number of piperidine rings is 1. The molecule has 0 unspecified atom stereocenters. The standard InChI is InChI=1S/C16H23ClN2OS/c1-3-21-14-5-4-12(17)10-13(14)15(20)19-11-16(2)6-8-18-9-7-16/h4-5,10,18H,3,6-9,11H2,1-2H3,(H,19,20). The number of carbonyl (C=O) groups excluding carboxylic acids is 1. The second kappa shape index (κ2) is 7.52. The fourth-order valence-corrected chi connectivity index (χ4v) is 3.51. The molecule has 0 bridgehead atoms. The van der Waals surface area contributed by atoms with Crippen LogP contribution in [0.15, 0.2) is 23.1 Å². The molecule has 1 heterocycles. The van der Waals surface area contributed by atoms with Gasteiger partial charge in [0.2, 0.25) is 0 Å². The smallest absolute Gasteiger partial charge is 0.252 e. The third-order valence-corrected chi connectivity index (χ3v) is 5.16. The molecule has 1 saturated heterocycles. The van der Waals surface area contributed by atoms with Crippen LogP contribution in [0, 0.1) is 5.41 Å². The number of carbonyl (C=O) groups is 1. The SMILES string of the molecule is CCSc1ccc(Cl)cc1C(=O)NCC1(C)CCNCC1. The lowest BCUT2D eigenvalue weighted by Gasteiger charge is -2.34. The van der Waals surface area contributed by atoms with Crippen molar-refractivity contribution in [1.29, 1.82) is 0 Å². The third-order valence-electron chi connectivity index (χ3n) is 3.97. The molecule has 2 N–H and O–H groups in total. The van der Waals surface area contributed by atoms with E-state index >= 15 is 0 Å². The number of nitrogens with one attached hydrogen (secondary N) is 2. The summed E-state index contributed by atoms with van der Waals surface area (Å²) in [6.45, 7) is 7.10. The van der Waals surface area contributed by atoms with Gasteiger partial charge in [-0.25, -0.2) is 0 Å². The molecule has 0 spiro atoms. The van der Waals surface area contributed by atoms with E-state index in [4.69, 9.17) is 11.6 Å². The lowest BCUT2D eigenvalue weighted by molar-refractivity contribution is 0.0919. The Morgan fingerprint density at radius 3 is 2.81 bits per heavy atom. The van der Waals surface area contributed by atoms with E-state index in [1.807, 2.05) is 12.1 Å². The zero-order valence-electron chi connectivity index (χ0n) is 12.7. The number of benzene rings is 1. The number of amides is 1. The van der Waals surface area contributed by atoms with Gasteiger partial charge < -0.3 is 10.6 Å². The zero-order chi connectivity index (χ0) is 15.3. The fourth-order valence-electron chi connectivity index (χ4n) is 2.56. The van der Waals surface area contributed by atoms with Gasteiger partial charge >= 0.3 is 0 Å². The van der Waals surface area contributed by atoms with Gasteiger partial charge in [0.05, 0.1) is 5.56 Å². The van der Waals surface area contributed by atoms with Gasteiger partial charge in [-0.1, -0.05) is 25.4 Å². The Hall–Kier alpha value is -0.710. The Bertz CT molecular complexity index is 501. The first kappa shape index (κ1) is 16.7. The van der Waals surface area contributed by atoms with Crippen LogP contribution in [-0.4, -0.2) is 31.3 Å². The molecular formula is C16H23ClN2OS. The van der Waals surface area contributed by atoms with Gasteiger partial charge in [0.15, 0.2) is 0 Å². The highest BCUT2D eigenvalue weighted by Gasteiger charge is 2.27. The van der Waals surface area contributed by atoms with E-state index in [2.05, 4.69) is 24.5 Å². The summed E-state index contributed by atoms with van der Waals surface area (Å²) in [4.78, 5) is 13.5. The average Bonchev–Trinajstić information content (AvgIpc) is 2.48. The van der Waals surface area contributed by atoms with Crippen LogP contribution >= 0.6 is 23.4 Å². The summed E-state index contributed by atoms with van der Waals surface area (Å²) in [5.74, 6) is 0.916. The first-order valence-corrected chi connectivity index (χ1v) is 8.82. The number of rotatable bonds is 5. The molecule has 21 heavy (non-hydrogen) atoms. The second-order valence-electron chi connectivity index (χ2n) is 5.82. The summed E-state index contributed by atoms with van der Waals surface area (Å²) >= 11 is 7.71. The van der Waals surface area contributed by atoms with E-state index in [0.717, 1.165) is 43.1 Å². The minimum atomic E-state index is -0.0202. The lowest BCUT2D eigenvalue weighted by atomic mass is 9.81. The van der Waals surface area contributed by atoms with Gasteiger partial charge in [0.25, 0.3) is 5.91 Å². The number of halogens is 1. The van der Waals surface area contributed by atoms with E-state index < -0.39 is 0 Å². The highest BCUT2D eigenvalue weighted by atomic mass is 35.5. The van der Waals surface area contributed by atoms with Crippen molar-refractivity contribution in [2.75, 3.05) is 25.4 Å². The normalized spacial score (nSPS) is 17.5. The van der Waals surface area contributed by atoms with Crippen molar-refractivity contribution < 1.29 is 4.79 Å². The molecule has 5 heteroatoms. The Balaban J connectivity index is 2.04.